The van der Waals surface area contributed by atoms with Crippen molar-refractivity contribution in [1.29, 1.82) is 0 Å². The third-order valence-corrected chi connectivity index (χ3v) is 3.53. The van der Waals surface area contributed by atoms with Gasteiger partial charge in [0.1, 0.15) is 5.75 Å². The van der Waals surface area contributed by atoms with Crippen LogP contribution in [-0.2, 0) is 6.42 Å². The lowest BCUT2D eigenvalue weighted by Gasteiger charge is -2.20. The number of hydrazine groups is 1. The van der Waals surface area contributed by atoms with Crippen molar-refractivity contribution in [3.8, 4) is 5.75 Å². The minimum absolute atomic E-state index is 0.0247. The number of hydrogen-bond donors (Lipinski definition) is 2. The molecule has 106 valence electrons. The first kappa shape index (κ1) is 14.9. The number of methoxy groups -OCH3 is 1. The molecule has 0 aliphatic carbocycles. The molecule has 0 bridgehead atoms. The number of halogens is 1. The van der Waals surface area contributed by atoms with Crippen LogP contribution in [0.1, 0.15) is 22.7 Å². The van der Waals surface area contributed by atoms with Crippen LogP contribution in [0.2, 0.25) is 5.02 Å². The minimum Gasteiger partial charge on any atom is -0.496 e. The molecule has 0 aliphatic heterocycles. The second kappa shape index (κ2) is 6.75. The van der Waals surface area contributed by atoms with Crippen LogP contribution >= 0.6 is 11.6 Å². The number of nitrogens with two attached hydrogens (primary N) is 1. The van der Waals surface area contributed by atoms with Gasteiger partial charge in [-0.05, 0) is 37.1 Å². The highest BCUT2D eigenvalue weighted by molar-refractivity contribution is 6.30. The molecule has 1 atom stereocenters. The van der Waals surface area contributed by atoms with Crippen molar-refractivity contribution in [2.75, 3.05) is 7.11 Å². The fourth-order valence-electron chi connectivity index (χ4n) is 2.28. The molecule has 2 aromatic rings. The van der Waals surface area contributed by atoms with Gasteiger partial charge in [-0.15, -0.1) is 0 Å². The van der Waals surface area contributed by atoms with Gasteiger partial charge in [-0.1, -0.05) is 41.4 Å². The van der Waals surface area contributed by atoms with E-state index in [2.05, 4.69) is 18.4 Å². The largest absolute Gasteiger partial charge is 0.496 e. The Bertz CT molecular complexity index is 586. The van der Waals surface area contributed by atoms with E-state index < -0.39 is 0 Å². The molecule has 0 spiro atoms. The van der Waals surface area contributed by atoms with E-state index in [0.717, 1.165) is 28.3 Å². The number of benzene rings is 2. The van der Waals surface area contributed by atoms with Crippen molar-refractivity contribution in [2.24, 2.45) is 5.84 Å². The Kier molecular flexibility index (Phi) is 5.01. The summed E-state index contributed by atoms with van der Waals surface area (Å²) in [4.78, 5) is 0. The molecule has 0 saturated heterocycles. The summed E-state index contributed by atoms with van der Waals surface area (Å²) in [7, 11) is 1.67. The highest BCUT2D eigenvalue weighted by Crippen LogP contribution is 2.28. The smallest absolute Gasteiger partial charge is 0.123 e. The van der Waals surface area contributed by atoms with Gasteiger partial charge in [0.05, 0.1) is 13.2 Å². The van der Waals surface area contributed by atoms with Crippen molar-refractivity contribution < 1.29 is 4.74 Å². The standard InChI is InChI=1S/C16H19ClN2O/c1-11-6-7-16(20-2)14(8-11)15(19-18)10-12-4-3-5-13(17)9-12/h3-9,15,19H,10,18H2,1-2H3. The molecule has 0 heterocycles. The molecular formula is C16H19ClN2O. The lowest BCUT2D eigenvalue weighted by molar-refractivity contribution is 0.399. The molecule has 3 N–H and O–H groups in total. The maximum absolute atomic E-state index is 6.02. The van der Waals surface area contributed by atoms with Gasteiger partial charge < -0.3 is 4.74 Å². The second-order valence-corrected chi connectivity index (χ2v) is 5.24. The zero-order valence-electron chi connectivity index (χ0n) is 11.7. The molecule has 0 saturated carbocycles. The number of hydrogen-bond acceptors (Lipinski definition) is 3. The first-order chi connectivity index (χ1) is 9.63. The van der Waals surface area contributed by atoms with E-state index in [1.165, 1.54) is 5.56 Å². The van der Waals surface area contributed by atoms with Crippen LogP contribution in [0.3, 0.4) is 0 Å². The van der Waals surface area contributed by atoms with Crippen LogP contribution in [0.5, 0.6) is 5.75 Å². The SMILES string of the molecule is COc1ccc(C)cc1C(Cc1cccc(Cl)c1)NN. The van der Waals surface area contributed by atoms with Crippen molar-refractivity contribution in [3.63, 3.8) is 0 Å². The van der Waals surface area contributed by atoms with Crippen molar-refractivity contribution in [2.45, 2.75) is 19.4 Å². The van der Waals surface area contributed by atoms with E-state index in [1.807, 2.05) is 36.4 Å². The molecule has 0 aliphatic rings. The molecule has 0 amide bonds. The van der Waals surface area contributed by atoms with Crippen LogP contribution in [0, 0.1) is 6.92 Å². The van der Waals surface area contributed by atoms with Gasteiger partial charge in [0.25, 0.3) is 0 Å². The second-order valence-electron chi connectivity index (χ2n) is 4.80. The first-order valence-corrected chi connectivity index (χ1v) is 6.87. The highest BCUT2D eigenvalue weighted by atomic mass is 35.5. The maximum atomic E-state index is 6.02. The van der Waals surface area contributed by atoms with Gasteiger partial charge in [0.2, 0.25) is 0 Å². The Morgan fingerprint density at radius 2 is 2.05 bits per heavy atom. The van der Waals surface area contributed by atoms with Gasteiger partial charge in [0, 0.05) is 10.6 Å². The van der Waals surface area contributed by atoms with Crippen LogP contribution in [-0.4, -0.2) is 7.11 Å². The Labute approximate surface area is 124 Å². The Morgan fingerprint density at radius 3 is 2.70 bits per heavy atom. The van der Waals surface area contributed by atoms with Gasteiger partial charge in [-0.25, -0.2) is 0 Å². The average molecular weight is 291 g/mol. The van der Waals surface area contributed by atoms with Gasteiger partial charge >= 0.3 is 0 Å². The lowest BCUT2D eigenvalue weighted by atomic mass is 9.97. The number of nitrogens with one attached hydrogen (secondary N) is 1. The first-order valence-electron chi connectivity index (χ1n) is 6.49. The molecule has 2 aromatic carbocycles. The van der Waals surface area contributed by atoms with Crippen LogP contribution in [0.25, 0.3) is 0 Å². The third kappa shape index (κ3) is 3.51. The Hall–Kier alpha value is -1.55. The Morgan fingerprint density at radius 1 is 1.25 bits per heavy atom. The number of rotatable bonds is 5. The summed E-state index contributed by atoms with van der Waals surface area (Å²) < 4.78 is 5.42. The fourth-order valence-corrected chi connectivity index (χ4v) is 2.50. The normalized spacial score (nSPS) is 12.2. The quantitative estimate of drug-likeness (QED) is 0.655. The summed E-state index contributed by atoms with van der Waals surface area (Å²) in [6.07, 6.45) is 0.747. The molecular weight excluding hydrogens is 272 g/mol. The van der Waals surface area contributed by atoms with Crippen LogP contribution < -0.4 is 16.0 Å². The Balaban J connectivity index is 2.30. The van der Waals surface area contributed by atoms with E-state index in [0.29, 0.717) is 0 Å². The topological polar surface area (TPSA) is 47.3 Å². The van der Waals surface area contributed by atoms with Crippen LogP contribution in [0.15, 0.2) is 42.5 Å². The summed E-state index contributed by atoms with van der Waals surface area (Å²) in [6, 6.07) is 13.9. The van der Waals surface area contributed by atoms with Gasteiger partial charge in [-0.3, -0.25) is 11.3 Å². The summed E-state index contributed by atoms with van der Waals surface area (Å²) in [6.45, 7) is 2.05. The van der Waals surface area contributed by atoms with E-state index in [9.17, 15) is 0 Å². The predicted octanol–water partition coefficient (Wildman–Crippen LogP) is 3.40. The highest BCUT2D eigenvalue weighted by Gasteiger charge is 2.15. The molecule has 4 heteroatoms. The molecule has 0 fully saturated rings. The molecule has 20 heavy (non-hydrogen) atoms. The molecule has 2 rings (SSSR count). The zero-order valence-corrected chi connectivity index (χ0v) is 12.4. The van der Waals surface area contributed by atoms with Crippen molar-refractivity contribution >= 4 is 11.6 Å². The van der Waals surface area contributed by atoms with E-state index >= 15 is 0 Å². The van der Waals surface area contributed by atoms with E-state index in [4.69, 9.17) is 22.2 Å². The average Bonchev–Trinajstić information content (AvgIpc) is 2.45. The summed E-state index contributed by atoms with van der Waals surface area (Å²) in [5, 5.41) is 0.731. The summed E-state index contributed by atoms with van der Waals surface area (Å²) >= 11 is 6.02. The fraction of sp³-hybridized carbons (Fsp3) is 0.250. The monoisotopic (exact) mass is 290 g/mol. The van der Waals surface area contributed by atoms with E-state index in [1.54, 1.807) is 7.11 Å². The van der Waals surface area contributed by atoms with Gasteiger partial charge in [0.15, 0.2) is 0 Å². The molecule has 0 radical (unpaired) electrons. The summed E-state index contributed by atoms with van der Waals surface area (Å²) in [5.74, 6) is 6.56. The molecule has 0 aromatic heterocycles. The molecule has 1 unspecified atom stereocenters. The number of ether oxygens (including phenoxy) is 1. The number of aryl methyl sites for hydroxylation is 1. The lowest BCUT2D eigenvalue weighted by Crippen LogP contribution is -2.30. The third-order valence-electron chi connectivity index (χ3n) is 3.29. The molecule has 3 nitrogen and oxygen atoms in total. The maximum Gasteiger partial charge on any atom is 0.123 e. The summed E-state index contributed by atoms with van der Waals surface area (Å²) in [5.41, 5.74) is 6.22. The minimum atomic E-state index is -0.0247. The van der Waals surface area contributed by atoms with Gasteiger partial charge in [-0.2, -0.15) is 0 Å². The van der Waals surface area contributed by atoms with Crippen molar-refractivity contribution in [3.05, 3.63) is 64.2 Å². The zero-order chi connectivity index (χ0) is 14.5. The van der Waals surface area contributed by atoms with E-state index in [-0.39, 0.29) is 6.04 Å². The predicted molar refractivity (Wildman–Crippen MR) is 83.0 cm³/mol. The van der Waals surface area contributed by atoms with Crippen molar-refractivity contribution in [1.82, 2.24) is 5.43 Å². The van der Waals surface area contributed by atoms with Crippen LogP contribution in [0.4, 0.5) is 0 Å².